The molecule has 2 heteroatoms. The van der Waals surface area contributed by atoms with E-state index in [1.54, 1.807) is 0 Å². The summed E-state index contributed by atoms with van der Waals surface area (Å²) in [4.78, 5) is 2.64. The second-order valence-corrected chi connectivity index (χ2v) is 6.04. The Kier molecular flexibility index (Phi) is 5.79. The lowest BCUT2D eigenvalue weighted by Crippen LogP contribution is -2.36. The van der Waals surface area contributed by atoms with E-state index in [-0.39, 0.29) is 0 Å². The monoisotopic (exact) mass is 238 g/mol. The van der Waals surface area contributed by atoms with Crippen LogP contribution in [-0.2, 0) is 0 Å². The van der Waals surface area contributed by atoms with E-state index in [9.17, 15) is 0 Å². The van der Waals surface area contributed by atoms with E-state index in [1.807, 2.05) is 0 Å². The summed E-state index contributed by atoms with van der Waals surface area (Å²) >= 11 is 0. The van der Waals surface area contributed by atoms with Gasteiger partial charge < -0.3 is 10.2 Å². The quantitative estimate of drug-likeness (QED) is 0.716. The zero-order chi connectivity index (χ0) is 11.9. The average Bonchev–Trinajstić information content (AvgIpc) is 2.89. The van der Waals surface area contributed by atoms with Crippen LogP contribution in [0.4, 0.5) is 0 Å². The number of likely N-dealkylation sites (tertiary alicyclic amines) is 1. The molecule has 0 spiro atoms. The van der Waals surface area contributed by atoms with E-state index < -0.39 is 0 Å². The lowest BCUT2D eigenvalue weighted by atomic mass is 10.00. The van der Waals surface area contributed by atoms with Gasteiger partial charge in [0.2, 0.25) is 0 Å². The van der Waals surface area contributed by atoms with Crippen LogP contribution in [0.3, 0.4) is 0 Å². The fraction of sp³-hybridized carbons (Fsp3) is 1.00. The molecule has 1 unspecified atom stereocenters. The van der Waals surface area contributed by atoms with Crippen molar-refractivity contribution in [1.82, 2.24) is 10.2 Å². The highest BCUT2D eigenvalue weighted by Gasteiger charge is 2.20. The molecule has 1 saturated carbocycles. The molecule has 2 nitrogen and oxygen atoms in total. The normalized spacial score (nSPS) is 25.2. The van der Waals surface area contributed by atoms with Gasteiger partial charge in [-0.2, -0.15) is 0 Å². The molecule has 0 amide bonds. The Hall–Kier alpha value is -0.0800. The van der Waals surface area contributed by atoms with Gasteiger partial charge in [-0.15, -0.1) is 0 Å². The summed E-state index contributed by atoms with van der Waals surface area (Å²) in [7, 11) is 0. The molecule has 2 rings (SSSR count). The minimum atomic E-state index is 0.749. The van der Waals surface area contributed by atoms with Crippen molar-refractivity contribution in [1.29, 1.82) is 0 Å². The van der Waals surface area contributed by atoms with Crippen molar-refractivity contribution in [2.45, 2.75) is 64.3 Å². The molecule has 1 heterocycles. The summed E-state index contributed by atoms with van der Waals surface area (Å²) in [5, 5.41) is 3.74. The first-order valence-corrected chi connectivity index (χ1v) is 7.82. The maximum Gasteiger partial charge on any atom is 0.00670 e. The molecule has 0 bridgehead atoms. The molecule has 1 aliphatic heterocycles. The smallest absolute Gasteiger partial charge is 0.00670 e. The van der Waals surface area contributed by atoms with Gasteiger partial charge in [0.15, 0.2) is 0 Å². The summed E-state index contributed by atoms with van der Waals surface area (Å²) in [6.07, 6.45) is 11.5. The molecule has 0 aromatic heterocycles. The van der Waals surface area contributed by atoms with Gasteiger partial charge in [-0.25, -0.2) is 0 Å². The summed E-state index contributed by atoms with van der Waals surface area (Å²) < 4.78 is 0. The highest BCUT2D eigenvalue weighted by atomic mass is 15.1. The van der Waals surface area contributed by atoms with E-state index in [0.29, 0.717) is 0 Å². The van der Waals surface area contributed by atoms with Crippen LogP contribution >= 0.6 is 0 Å². The van der Waals surface area contributed by atoms with Crippen LogP contribution in [0.25, 0.3) is 0 Å². The minimum Gasteiger partial charge on any atom is -0.314 e. The number of hydrogen-bond acceptors (Lipinski definition) is 2. The first-order valence-electron chi connectivity index (χ1n) is 7.82. The van der Waals surface area contributed by atoms with Crippen LogP contribution in [0.15, 0.2) is 0 Å². The Balaban J connectivity index is 1.50. The van der Waals surface area contributed by atoms with Gasteiger partial charge in [0.25, 0.3) is 0 Å². The lowest BCUT2D eigenvalue weighted by molar-refractivity contribution is 0.223. The van der Waals surface area contributed by atoms with Crippen LogP contribution in [0, 0.1) is 5.92 Å². The van der Waals surface area contributed by atoms with Crippen molar-refractivity contribution in [3.63, 3.8) is 0 Å². The molecule has 1 N–H and O–H groups in total. The maximum absolute atomic E-state index is 3.74. The zero-order valence-electron chi connectivity index (χ0n) is 11.6. The second kappa shape index (κ2) is 7.38. The van der Waals surface area contributed by atoms with Crippen LogP contribution in [0.5, 0.6) is 0 Å². The van der Waals surface area contributed by atoms with Crippen molar-refractivity contribution in [2.24, 2.45) is 5.92 Å². The maximum atomic E-state index is 3.74. The molecular weight excluding hydrogens is 208 g/mol. The van der Waals surface area contributed by atoms with Gasteiger partial charge >= 0.3 is 0 Å². The van der Waals surface area contributed by atoms with Crippen molar-refractivity contribution in [2.75, 3.05) is 26.2 Å². The van der Waals surface area contributed by atoms with Gasteiger partial charge in [-0.1, -0.05) is 19.3 Å². The first kappa shape index (κ1) is 13.4. The fourth-order valence-corrected chi connectivity index (χ4v) is 3.44. The van der Waals surface area contributed by atoms with E-state index in [4.69, 9.17) is 0 Å². The molecule has 0 aromatic rings. The van der Waals surface area contributed by atoms with Crippen LogP contribution < -0.4 is 5.32 Å². The van der Waals surface area contributed by atoms with E-state index in [2.05, 4.69) is 17.1 Å². The Labute approximate surface area is 107 Å². The third-order valence-electron chi connectivity index (χ3n) is 4.67. The third kappa shape index (κ3) is 4.59. The average molecular weight is 238 g/mol. The highest BCUT2D eigenvalue weighted by molar-refractivity contribution is 4.77. The largest absolute Gasteiger partial charge is 0.314 e. The summed E-state index contributed by atoms with van der Waals surface area (Å²) in [6, 6.07) is 0.749. The first-order chi connectivity index (χ1) is 8.36. The summed E-state index contributed by atoms with van der Waals surface area (Å²) in [6.45, 7) is 7.60. The Morgan fingerprint density at radius 2 is 1.76 bits per heavy atom. The lowest BCUT2D eigenvalue weighted by Gasteiger charge is -2.27. The second-order valence-electron chi connectivity index (χ2n) is 6.04. The molecule has 100 valence electrons. The van der Waals surface area contributed by atoms with Crippen LogP contribution in [-0.4, -0.2) is 37.1 Å². The Morgan fingerprint density at radius 3 is 2.47 bits per heavy atom. The molecular formula is C15H30N2. The summed E-state index contributed by atoms with van der Waals surface area (Å²) in [5.74, 6) is 0.963. The number of hydrogen-bond donors (Lipinski definition) is 1. The van der Waals surface area contributed by atoms with Gasteiger partial charge in [-0.3, -0.25) is 0 Å². The molecule has 2 fully saturated rings. The van der Waals surface area contributed by atoms with Crippen LogP contribution in [0.1, 0.15) is 58.3 Å². The fourth-order valence-electron chi connectivity index (χ4n) is 3.44. The predicted molar refractivity (Wildman–Crippen MR) is 74.3 cm³/mol. The van der Waals surface area contributed by atoms with Gasteiger partial charge in [0.05, 0.1) is 0 Å². The van der Waals surface area contributed by atoms with E-state index in [0.717, 1.165) is 12.0 Å². The van der Waals surface area contributed by atoms with Crippen LogP contribution in [0.2, 0.25) is 0 Å². The van der Waals surface area contributed by atoms with Crippen molar-refractivity contribution < 1.29 is 0 Å². The minimum absolute atomic E-state index is 0.749. The molecule has 2 aliphatic rings. The number of piperidine rings is 1. The number of nitrogens with one attached hydrogen (secondary N) is 1. The van der Waals surface area contributed by atoms with Crippen molar-refractivity contribution in [3.8, 4) is 0 Å². The number of nitrogens with zero attached hydrogens (tertiary/aromatic N) is 1. The van der Waals surface area contributed by atoms with Crippen molar-refractivity contribution in [3.05, 3.63) is 0 Å². The highest BCUT2D eigenvalue weighted by Crippen LogP contribution is 2.27. The Morgan fingerprint density at radius 1 is 1.06 bits per heavy atom. The van der Waals surface area contributed by atoms with Gasteiger partial charge in [-0.05, 0) is 71.1 Å². The van der Waals surface area contributed by atoms with E-state index >= 15 is 0 Å². The summed E-state index contributed by atoms with van der Waals surface area (Å²) in [5.41, 5.74) is 0. The van der Waals surface area contributed by atoms with E-state index in [1.165, 1.54) is 77.5 Å². The topological polar surface area (TPSA) is 15.3 Å². The Bertz CT molecular complexity index is 193. The standard InChI is InChI=1S/C15H30N2/c1-14(15-8-3-4-9-15)16-10-7-13-17-11-5-2-6-12-17/h14-16H,2-13H2,1H3. The SMILES string of the molecule is CC(NCCCN1CCCCC1)C1CCCC1. The molecule has 1 aliphatic carbocycles. The molecule has 17 heavy (non-hydrogen) atoms. The molecule has 0 radical (unpaired) electrons. The molecule has 1 saturated heterocycles. The zero-order valence-corrected chi connectivity index (χ0v) is 11.6. The molecule has 0 aromatic carbocycles. The third-order valence-corrected chi connectivity index (χ3v) is 4.67. The number of rotatable bonds is 6. The van der Waals surface area contributed by atoms with Gasteiger partial charge in [0, 0.05) is 6.04 Å². The molecule has 1 atom stereocenters. The van der Waals surface area contributed by atoms with Gasteiger partial charge in [0.1, 0.15) is 0 Å². The van der Waals surface area contributed by atoms with Crippen molar-refractivity contribution >= 4 is 0 Å². The predicted octanol–water partition coefficient (Wildman–Crippen LogP) is 3.03.